The van der Waals surface area contributed by atoms with Crippen LogP contribution in [0.4, 0.5) is 0 Å². The Labute approximate surface area is 141 Å². The van der Waals surface area contributed by atoms with E-state index in [0.29, 0.717) is 5.69 Å². The average molecular weight is 336 g/mol. The summed E-state index contributed by atoms with van der Waals surface area (Å²) in [7, 11) is 0. The maximum Gasteiger partial charge on any atom is 0.308 e. The number of nitrogens with one attached hydrogen (secondary N) is 2. The van der Waals surface area contributed by atoms with E-state index in [1.807, 2.05) is 0 Å². The fraction of sp³-hybridized carbons (Fsp3) is 0.500. The lowest BCUT2D eigenvalue weighted by molar-refractivity contribution is -0.156. The van der Waals surface area contributed by atoms with Crippen LogP contribution in [0.15, 0.2) is 24.4 Å². The summed E-state index contributed by atoms with van der Waals surface area (Å²) in [5.74, 6) is -1.62. The summed E-state index contributed by atoms with van der Waals surface area (Å²) >= 11 is 0. The van der Waals surface area contributed by atoms with E-state index >= 15 is 0 Å². The zero-order chi connectivity index (χ0) is 18.2. The molecule has 0 aromatic carbocycles. The molecule has 1 heterocycles. The Morgan fingerprint density at radius 1 is 1.29 bits per heavy atom. The summed E-state index contributed by atoms with van der Waals surface area (Å²) in [6.45, 7) is 5.07. The maximum atomic E-state index is 12.3. The van der Waals surface area contributed by atoms with Crippen LogP contribution in [0.25, 0.3) is 0 Å². The van der Waals surface area contributed by atoms with Gasteiger partial charge in [0.1, 0.15) is 11.6 Å². The molecule has 0 fully saturated rings. The van der Waals surface area contributed by atoms with Gasteiger partial charge < -0.3 is 21.1 Å². The number of amides is 2. The van der Waals surface area contributed by atoms with E-state index in [0.717, 1.165) is 0 Å². The molecule has 1 aromatic rings. The first-order valence-electron chi connectivity index (χ1n) is 7.60. The van der Waals surface area contributed by atoms with Crippen molar-refractivity contribution >= 4 is 17.8 Å². The molecule has 8 nitrogen and oxygen atoms in total. The highest BCUT2D eigenvalue weighted by molar-refractivity contribution is 5.91. The van der Waals surface area contributed by atoms with Crippen LogP contribution in [0.1, 0.15) is 32.9 Å². The number of hydrogen-bond donors (Lipinski definition) is 3. The number of esters is 1. The predicted molar refractivity (Wildman–Crippen MR) is 87.5 cm³/mol. The Morgan fingerprint density at radius 3 is 2.54 bits per heavy atom. The third kappa shape index (κ3) is 7.68. The van der Waals surface area contributed by atoms with Crippen molar-refractivity contribution in [3.05, 3.63) is 30.1 Å². The standard InChI is InChI=1S/C16H24N4O4/c1-16(2,3)24-14(22)8-12(20-13(21)9-17)15(23)19-10-11-6-4-5-7-18-11/h4-7,12H,8-10,17H2,1-3H3,(H,19,23)(H,20,21)/t12-/m0/s1. The Morgan fingerprint density at radius 2 is 2.00 bits per heavy atom. The van der Waals surface area contributed by atoms with Gasteiger partial charge in [0, 0.05) is 6.20 Å². The molecule has 1 aromatic heterocycles. The molecule has 1 atom stereocenters. The smallest absolute Gasteiger partial charge is 0.308 e. The summed E-state index contributed by atoms with van der Waals surface area (Å²) in [5.41, 5.74) is 5.23. The first-order chi connectivity index (χ1) is 11.2. The van der Waals surface area contributed by atoms with Crippen molar-refractivity contribution in [2.24, 2.45) is 5.73 Å². The number of hydrogen-bond acceptors (Lipinski definition) is 6. The SMILES string of the molecule is CC(C)(C)OC(=O)C[C@H](NC(=O)CN)C(=O)NCc1ccccn1. The average Bonchev–Trinajstić information content (AvgIpc) is 2.51. The molecule has 0 aliphatic carbocycles. The first-order valence-corrected chi connectivity index (χ1v) is 7.60. The molecule has 2 amide bonds. The lowest BCUT2D eigenvalue weighted by Crippen LogP contribution is -2.49. The Hall–Kier alpha value is -2.48. The molecule has 0 radical (unpaired) electrons. The zero-order valence-electron chi connectivity index (χ0n) is 14.2. The maximum absolute atomic E-state index is 12.3. The van der Waals surface area contributed by atoms with E-state index in [9.17, 15) is 14.4 Å². The number of nitrogens with zero attached hydrogens (tertiary/aromatic N) is 1. The van der Waals surface area contributed by atoms with Crippen LogP contribution in [0.3, 0.4) is 0 Å². The molecule has 24 heavy (non-hydrogen) atoms. The Kier molecular flexibility index (Phi) is 7.31. The van der Waals surface area contributed by atoms with Crippen molar-refractivity contribution in [2.75, 3.05) is 6.54 Å². The van der Waals surface area contributed by atoms with E-state index in [1.54, 1.807) is 45.2 Å². The van der Waals surface area contributed by atoms with Gasteiger partial charge in [-0.15, -0.1) is 0 Å². The highest BCUT2D eigenvalue weighted by atomic mass is 16.6. The van der Waals surface area contributed by atoms with Crippen LogP contribution in [0.5, 0.6) is 0 Å². The van der Waals surface area contributed by atoms with E-state index in [2.05, 4.69) is 15.6 Å². The molecule has 4 N–H and O–H groups in total. The molecular weight excluding hydrogens is 312 g/mol. The number of aromatic nitrogens is 1. The third-order valence-corrected chi connectivity index (χ3v) is 2.80. The molecule has 0 saturated heterocycles. The summed E-state index contributed by atoms with van der Waals surface area (Å²) < 4.78 is 5.18. The van der Waals surface area contributed by atoms with Gasteiger partial charge in [-0.2, -0.15) is 0 Å². The first kappa shape index (κ1) is 19.6. The van der Waals surface area contributed by atoms with Gasteiger partial charge in [-0.3, -0.25) is 19.4 Å². The Balaban J connectivity index is 2.67. The van der Waals surface area contributed by atoms with Crippen molar-refractivity contribution in [1.29, 1.82) is 0 Å². The normalized spacial score (nSPS) is 12.2. The fourth-order valence-electron chi connectivity index (χ4n) is 1.82. The van der Waals surface area contributed by atoms with Crippen molar-refractivity contribution in [3.8, 4) is 0 Å². The molecule has 0 saturated carbocycles. The van der Waals surface area contributed by atoms with Crippen LogP contribution >= 0.6 is 0 Å². The number of pyridine rings is 1. The van der Waals surface area contributed by atoms with Crippen molar-refractivity contribution in [2.45, 2.75) is 45.4 Å². The predicted octanol–water partition coefficient (Wildman–Crippen LogP) is -0.127. The van der Waals surface area contributed by atoms with E-state index < -0.39 is 29.4 Å². The lowest BCUT2D eigenvalue weighted by Gasteiger charge is -2.22. The van der Waals surface area contributed by atoms with Gasteiger partial charge in [-0.25, -0.2) is 0 Å². The fourth-order valence-corrected chi connectivity index (χ4v) is 1.82. The quantitative estimate of drug-likeness (QED) is 0.596. The summed E-state index contributed by atoms with van der Waals surface area (Å²) in [5, 5.41) is 5.05. The highest BCUT2D eigenvalue weighted by Crippen LogP contribution is 2.09. The molecule has 0 spiro atoms. The van der Waals surface area contributed by atoms with Gasteiger partial charge >= 0.3 is 5.97 Å². The van der Waals surface area contributed by atoms with Gasteiger partial charge in [0.15, 0.2) is 0 Å². The summed E-state index contributed by atoms with van der Waals surface area (Å²) in [6, 6.07) is 4.25. The van der Waals surface area contributed by atoms with E-state index in [1.165, 1.54) is 0 Å². The van der Waals surface area contributed by atoms with Crippen molar-refractivity contribution in [3.63, 3.8) is 0 Å². The van der Waals surface area contributed by atoms with Gasteiger partial charge in [0.25, 0.3) is 0 Å². The van der Waals surface area contributed by atoms with Crippen LogP contribution < -0.4 is 16.4 Å². The van der Waals surface area contributed by atoms with Crippen molar-refractivity contribution < 1.29 is 19.1 Å². The van der Waals surface area contributed by atoms with Gasteiger partial charge in [0.05, 0.1) is 25.2 Å². The molecule has 0 bridgehead atoms. The minimum Gasteiger partial charge on any atom is -0.460 e. The van der Waals surface area contributed by atoms with Crippen LogP contribution in [-0.4, -0.2) is 41.0 Å². The number of nitrogens with two attached hydrogens (primary N) is 1. The molecule has 1 rings (SSSR count). The van der Waals surface area contributed by atoms with E-state index in [-0.39, 0.29) is 19.5 Å². The van der Waals surface area contributed by atoms with Crippen LogP contribution in [-0.2, 0) is 25.7 Å². The van der Waals surface area contributed by atoms with Gasteiger partial charge in [-0.05, 0) is 32.9 Å². The summed E-state index contributed by atoms with van der Waals surface area (Å²) in [6.07, 6.45) is 1.33. The van der Waals surface area contributed by atoms with Crippen LogP contribution in [0.2, 0.25) is 0 Å². The Bertz CT molecular complexity index is 569. The number of carbonyl (C=O) groups excluding carboxylic acids is 3. The molecule has 0 aliphatic rings. The lowest BCUT2D eigenvalue weighted by atomic mass is 10.1. The van der Waals surface area contributed by atoms with Crippen molar-refractivity contribution in [1.82, 2.24) is 15.6 Å². The largest absolute Gasteiger partial charge is 0.460 e. The monoisotopic (exact) mass is 336 g/mol. The zero-order valence-corrected chi connectivity index (χ0v) is 14.2. The highest BCUT2D eigenvalue weighted by Gasteiger charge is 2.26. The van der Waals surface area contributed by atoms with Gasteiger partial charge in [0.2, 0.25) is 11.8 Å². The molecule has 0 aliphatic heterocycles. The second-order valence-electron chi connectivity index (χ2n) is 6.15. The second kappa shape index (κ2) is 8.97. The molecule has 132 valence electrons. The number of rotatable bonds is 7. The second-order valence-corrected chi connectivity index (χ2v) is 6.15. The minimum absolute atomic E-state index is 0.184. The summed E-state index contributed by atoms with van der Waals surface area (Å²) in [4.78, 5) is 39.8. The van der Waals surface area contributed by atoms with Crippen LogP contribution in [0, 0.1) is 0 Å². The molecular formula is C16H24N4O4. The minimum atomic E-state index is -1.06. The number of carbonyl (C=O) groups is 3. The topological polar surface area (TPSA) is 123 Å². The molecule has 0 unspecified atom stereocenters. The van der Waals surface area contributed by atoms with Gasteiger partial charge in [-0.1, -0.05) is 6.07 Å². The van der Waals surface area contributed by atoms with E-state index in [4.69, 9.17) is 10.5 Å². The molecule has 8 heteroatoms. The number of ether oxygens (including phenoxy) is 1. The third-order valence-electron chi connectivity index (χ3n) is 2.80.